The van der Waals surface area contributed by atoms with Crippen molar-refractivity contribution in [1.29, 1.82) is 0 Å². The summed E-state index contributed by atoms with van der Waals surface area (Å²) >= 11 is 0. The molecule has 1 rings (SSSR count). The fourth-order valence-electron chi connectivity index (χ4n) is 2.14. The maximum Gasteiger partial charge on any atom is 1.00 e. The number of benzene rings is 1. The monoisotopic (exact) mass is 403 g/mol. The first-order valence-electron chi connectivity index (χ1n) is 8.35. The van der Waals surface area contributed by atoms with Crippen LogP contribution < -0.4 is 68.8 Å². The second-order valence-electron chi connectivity index (χ2n) is 6.08. The summed E-state index contributed by atoms with van der Waals surface area (Å²) in [4.78, 5) is 23.9. The van der Waals surface area contributed by atoms with E-state index in [1.54, 1.807) is 24.3 Å². The molecular weight excluding hydrogens is 376 g/mol. The van der Waals surface area contributed by atoms with E-state index >= 15 is 0 Å². The van der Waals surface area contributed by atoms with Gasteiger partial charge < -0.3 is 16.4 Å². The first-order valence-corrected chi connectivity index (χ1v) is 8.35. The summed E-state index contributed by atoms with van der Waals surface area (Å²) < 4.78 is 0. The summed E-state index contributed by atoms with van der Waals surface area (Å²) in [5, 5.41) is 5.71. The number of carbonyl (C=O) groups excluding carboxylic acids is 2. The average Bonchev–Trinajstić information content (AvgIpc) is 2.55. The molecule has 0 radical (unpaired) electrons. The van der Waals surface area contributed by atoms with Crippen molar-refractivity contribution in [2.75, 3.05) is 19.6 Å². The molecule has 128 valence electrons. The number of hydrogen-bond acceptors (Lipinski definition) is 2. The normalized spacial score (nSPS) is 10.2. The number of rotatable bonds is 10. The predicted octanol–water partition coefficient (Wildman–Crippen LogP) is 0.419. The standard InChI is InChI=1S/C18H28N3O2.Rb/c1-14(2)6-5-13-21-18(23)16-9-7-15(8-10-16)17(22)20-12-4-3-11-19;/h7-10,14,19H,3-6,11-13H2,1-2H3,(H,20,22)(H,21,23);/q-1;+1. The van der Waals surface area contributed by atoms with E-state index in [0.717, 1.165) is 25.7 Å². The zero-order valence-corrected chi connectivity index (χ0v) is 20.1. The van der Waals surface area contributed by atoms with Gasteiger partial charge in [-0.05, 0) is 49.4 Å². The fourth-order valence-corrected chi connectivity index (χ4v) is 2.14. The zero-order valence-electron chi connectivity index (χ0n) is 15.2. The van der Waals surface area contributed by atoms with E-state index in [0.29, 0.717) is 36.7 Å². The average molecular weight is 404 g/mol. The number of unbranched alkanes of at least 4 members (excludes halogenated alkanes) is 1. The first kappa shape index (κ1) is 23.9. The maximum atomic E-state index is 12.0. The van der Waals surface area contributed by atoms with Crippen LogP contribution in [0.5, 0.6) is 0 Å². The van der Waals surface area contributed by atoms with Crippen LogP contribution in [0.4, 0.5) is 0 Å². The van der Waals surface area contributed by atoms with Crippen molar-refractivity contribution in [3.8, 4) is 0 Å². The van der Waals surface area contributed by atoms with Gasteiger partial charge in [0.2, 0.25) is 0 Å². The molecule has 24 heavy (non-hydrogen) atoms. The van der Waals surface area contributed by atoms with Crippen LogP contribution in [0.25, 0.3) is 5.73 Å². The topological polar surface area (TPSA) is 82.0 Å². The van der Waals surface area contributed by atoms with Gasteiger partial charge in [0.15, 0.2) is 0 Å². The summed E-state index contributed by atoms with van der Waals surface area (Å²) in [6.45, 7) is 5.97. The molecule has 0 aliphatic carbocycles. The molecule has 2 amide bonds. The fraction of sp³-hybridized carbons (Fsp3) is 0.556. The summed E-state index contributed by atoms with van der Waals surface area (Å²) in [7, 11) is 0. The molecule has 0 fully saturated rings. The Kier molecular flexibility index (Phi) is 14.1. The molecule has 1 aromatic rings. The van der Waals surface area contributed by atoms with Gasteiger partial charge in [-0.2, -0.15) is 6.54 Å². The van der Waals surface area contributed by atoms with Crippen LogP contribution >= 0.6 is 0 Å². The SMILES string of the molecule is CC(C)CCCNC(=O)c1ccc(C(=O)NCCCC[NH-])cc1.[Rb+]. The zero-order chi connectivity index (χ0) is 17.1. The van der Waals surface area contributed by atoms with Gasteiger partial charge in [0.1, 0.15) is 0 Å². The van der Waals surface area contributed by atoms with E-state index in [1.807, 2.05) is 0 Å². The smallest absolute Gasteiger partial charge is 0.677 e. The number of amides is 2. The molecule has 6 heteroatoms. The molecule has 0 saturated carbocycles. The molecule has 0 atom stereocenters. The molecule has 0 aliphatic rings. The Balaban J connectivity index is 0.00000529. The summed E-state index contributed by atoms with van der Waals surface area (Å²) in [6.07, 6.45) is 3.67. The van der Waals surface area contributed by atoms with Gasteiger partial charge in [-0.1, -0.05) is 20.3 Å². The van der Waals surface area contributed by atoms with Crippen molar-refractivity contribution in [2.24, 2.45) is 5.92 Å². The third-order valence-electron chi connectivity index (χ3n) is 3.54. The van der Waals surface area contributed by atoms with E-state index in [1.165, 1.54) is 0 Å². The van der Waals surface area contributed by atoms with Crippen LogP contribution in [-0.2, 0) is 0 Å². The summed E-state index contributed by atoms with van der Waals surface area (Å²) in [6, 6.07) is 6.69. The Labute approximate surface area is 194 Å². The van der Waals surface area contributed by atoms with E-state index in [4.69, 9.17) is 5.73 Å². The van der Waals surface area contributed by atoms with Gasteiger partial charge in [-0.15, -0.1) is 0 Å². The summed E-state index contributed by atoms with van der Waals surface area (Å²) in [5.74, 6) is 0.404. The van der Waals surface area contributed by atoms with Crippen molar-refractivity contribution < 1.29 is 67.8 Å². The molecule has 0 bridgehead atoms. The Morgan fingerprint density at radius 2 is 1.38 bits per heavy atom. The minimum atomic E-state index is -0.140. The minimum absolute atomic E-state index is 0. The Morgan fingerprint density at radius 1 is 0.917 bits per heavy atom. The number of nitrogens with one attached hydrogen (secondary N) is 3. The van der Waals surface area contributed by atoms with Gasteiger partial charge in [-0.25, -0.2) is 0 Å². The van der Waals surface area contributed by atoms with E-state index in [2.05, 4.69) is 24.5 Å². The van der Waals surface area contributed by atoms with Crippen LogP contribution in [-0.4, -0.2) is 31.4 Å². The number of carbonyl (C=O) groups is 2. The van der Waals surface area contributed by atoms with E-state index in [9.17, 15) is 9.59 Å². The molecule has 3 N–H and O–H groups in total. The second-order valence-corrected chi connectivity index (χ2v) is 6.08. The molecule has 0 aromatic heterocycles. The van der Waals surface area contributed by atoms with Crippen LogP contribution in [0.3, 0.4) is 0 Å². The van der Waals surface area contributed by atoms with Crippen molar-refractivity contribution >= 4 is 11.8 Å². The molecule has 0 unspecified atom stereocenters. The van der Waals surface area contributed by atoms with Crippen molar-refractivity contribution in [3.63, 3.8) is 0 Å². The Hall–Kier alpha value is -0.0748. The molecule has 0 saturated heterocycles. The third kappa shape index (κ3) is 10.0. The van der Waals surface area contributed by atoms with Gasteiger partial charge in [0.05, 0.1) is 0 Å². The second kappa shape index (κ2) is 14.1. The molecule has 1 aromatic carbocycles. The van der Waals surface area contributed by atoms with E-state index < -0.39 is 0 Å². The number of hydrogen-bond donors (Lipinski definition) is 2. The van der Waals surface area contributed by atoms with Crippen LogP contribution in [0.1, 0.15) is 60.2 Å². The first-order chi connectivity index (χ1) is 11.0. The van der Waals surface area contributed by atoms with Crippen molar-refractivity contribution in [2.45, 2.75) is 39.5 Å². The van der Waals surface area contributed by atoms with Gasteiger partial charge in [-0.3, -0.25) is 9.59 Å². The molecule has 0 spiro atoms. The third-order valence-corrected chi connectivity index (χ3v) is 3.54. The molecule has 0 heterocycles. The van der Waals surface area contributed by atoms with E-state index in [-0.39, 0.29) is 70.0 Å². The van der Waals surface area contributed by atoms with Crippen molar-refractivity contribution in [3.05, 3.63) is 41.1 Å². The van der Waals surface area contributed by atoms with Crippen LogP contribution in [0, 0.1) is 5.92 Å². The maximum absolute atomic E-state index is 12.0. The Morgan fingerprint density at radius 3 is 1.79 bits per heavy atom. The van der Waals surface area contributed by atoms with Crippen LogP contribution in [0.2, 0.25) is 0 Å². The minimum Gasteiger partial charge on any atom is -0.677 e. The van der Waals surface area contributed by atoms with Crippen LogP contribution in [0.15, 0.2) is 24.3 Å². The molecule has 0 aliphatic heterocycles. The largest absolute Gasteiger partial charge is 1.00 e. The quantitative estimate of drug-likeness (QED) is 0.555. The van der Waals surface area contributed by atoms with Gasteiger partial charge in [0.25, 0.3) is 11.8 Å². The van der Waals surface area contributed by atoms with Gasteiger partial charge in [0, 0.05) is 24.2 Å². The Bertz CT molecular complexity index is 490. The molecule has 5 nitrogen and oxygen atoms in total. The summed E-state index contributed by atoms with van der Waals surface area (Å²) in [5.41, 5.74) is 8.17. The predicted molar refractivity (Wildman–Crippen MR) is 93.6 cm³/mol. The van der Waals surface area contributed by atoms with Gasteiger partial charge >= 0.3 is 58.2 Å². The molecular formula is C18H28N3O2Rb. The van der Waals surface area contributed by atoms with Crippen molar-refractivity contribution in [1.82, 2.24) is 10.6 Å².